The predicted octanol–water partition coefficient (Wildman–Crippen LogP) is -4.97. The maximum Gasteiger partial charge on any atom is 0.483 e. The Morgan fingerprint density at radius 3 is 2.04 bits per heavy atom. The molecule has 5 unspecified atom stereocenters. The van der Waals surface area contributed by atoms with Crippen LogP contribution in [0.25, 0.3) is 0 Å². The Balaban J connectivity index is 2.07. The lowest BCUT2D eigenvalue weighted by Gasteiger charge is -2.52. The van der Waals surface area contributed by atoms with Crippen molar-refractivity contribution in [3.05, 3.63) is 0 Å². The highest BCUT2D eigenvalue weighted by Crippen LogP contribution is 2.73. The Bertz CT molecular complexity index is 556. The first-order chi connectivity index (χ1) is 10.4. The van der Waals surface area contributed by atoms with Crippen LogP contribution in [0.4, 0.5) is 0 Å². The number of hydrogen-bond donors (Lipinski definition) is 8. The lowest BCUT2D eigenvalue weighted by atomic mass is 9.83. The number of hydrogen-bond acceptors (Lipinski definition) is 13. The summed E-state index contributed by atoms with van der Waals surface area (Å²) in [5.74, 6) is -10.4. The second-order valence-corrected chi connectivity index (χ2v) is 6.86. The average molecular weight is 362 g/mol. The van der Waals surface area contributed by atoms with Gasteiger partial charge < -0.3 is 45.6 Å². The molecule has 134 valence electrons. The number of rotatable bonds is 2. The van der Waals surface area contributed by atoms with Gasteiger partial charge in [-0.3, -0.25) is 4.52 Å². The maximum absolute atomic E-state index is 11.9. The summed E-state index contributed by atoms with van der Waals surface area (Å²) in [7, 11) is -4.73. The monoisotopic (exact) mass is 362 g/mol. The molecule has 13 nitrogen and oxygen atoms in total. The first-order valence-corrected chi connectivity index (χ1v) is 7.78. The average Bonchev–Trinajstić information content (AvgIpc) is 2.83. The molecule has 3 fully saturated rings. The van der Waals surface area contributed by atoms with Gasteiger partial charge in [0.1, 0.15) is 24.4 Å². The fraction of sp³-hybridized carbons (Fsp3) is 1.00. The molecule has 9 atom stereocenters. The van der Waals surface area contributed by atoms with E-state index in [0.29, 0.717) is 0 Å². The van der Waals surface area contributed by atoms with Gasteiger partial charge in [0.15, 0.2) is 0 Å². The van der Waals surface area contributed by atoms with E-state index >= 15 is 0 Å². The van der Waals surface area contributed by atoms with Gasteiger partial charge in [0.05, 0.1) is 6.61 Å². The number of aliphatic hydroxyl groups excluding tert-OH is 5. The summed E-state index contributed by atoms with van der Waals surface area (Å²) in [6.07, 6.45) is -10.8. The van der Waals surface area contributed by atoms with Gasteiger partial charge in [-0.25, -0.2) is 13.6 Å². The highest BCUT2D eigenvalue weighted by atomic mass is 31.2. The highest BCUT2D eigenvalue weighted by molar-refractivity contribution is 7.49. The van der Waals surface area contributed by atoms with Crippen molar-refractivity contribution in [1.29, 1.82) is 0 Å². The molecule has 23 heavy (non-hydrogen) atoms. The van der Waals surface area contributed by atoms with Crippen molar-refractivity contribution in [2.24, 2.45) is 0 Å². The minimum Gasteiger partial charge on any atom is -0.394 e. The minimum absolute atomic E-state index is 0.987. The summed E-state index contributed by atoms with van der Waals surface area (Å²) < 4.78 is 29.7. The van der Waals surface area contributed by atoms with Crippen molar-refractivity contribution in [3.8, 4) is 0 Å². The number of ether oxygens (including phenoxy) is 1. The molecule has 14 heteroatoms. The Kier molecular flexibility index (Phi) is 3.74. The molecule has 0 saturated carbocycles. The molecular formula is C9H15O13P. The van der Waals surface area contributed by atoms with Crippen molar-refractivity contribution in [3.63, 3.8) is 0 Å². The van der Waals surface area contributed by atoms with E-state index in [1.54, 1.807) is 0 Å². The smallest absolute Gasteiger partial charge is 0.394 e. The van der Waals surface area contributed by atoms with Gasteiger partial charge in [0, 0.05) is 0 Å². The Labute approximate surface area is 127 Å². The summed E-state index contributed by atoms with van der Waals surface area (Å²) in [6, 6.07) is 0. The highest BCUT2D eigenvalue weighted by Gasteiger charge is 2.86. The van der Waals surface area contributed by atoms with Crippen LogP contribution < -0.4 is 0 Å². The number of phosphoric ester groups is 1. The zero-order valence-electron chi connectivity index (χ0n) is 11.2. The van der Waals surface area contributed by atoms with E-state index in [0.717, 1.165) is 0 Å². The molecule has 0 aromatic rings. The molecule has 3 aliphatic rings. The standard InChI is InChI=1S/C9H15O13P/c10-1-2-3(11)4(12)5(13)7(15,19-2)9(17)8(16)6(14)20-23(18,21-8)22-9/h2-6,10-17H,1H2/t2-,3-,4+,5-,6?,7?,8?,9?,23?/m1/s1. The van der Waals surface area contributed by atoms with Crippen LogP contribution >= 0.6 is 7.82 Å². The first-order valence-electron chi connectivity index (χ1n) is 6.32. The van der Waals surface area contributed by atoms with Crippen LogP contribution in [0.3, 0.4) is 0 Å². The van der Waals surface area contributed by atoms with E-state index in [-0.39, 0.29) is 0 Å². The quantitative estimate of drug-likeness (QED) is 0.216. The molecule has 0 spiro atoms. The third-order valence-electron chi connectivity index (χ3n) is 4.00. The summed E-state index contributed by atoms with van der Waals surface area (Å²) in [4.78, 5) is 0. The summed E-state index contributed by atoms with van der Waals surface area (Å²) >= 11 is 0. The van der Waals surface area contributed by atoms with Gasteiger partial charge in [-0.2, -0.15) is 0 Å². The van der Waals surface area contributed by atoms with E-state index in [9.17, 15) is 40.3 Å². The fourth-order valence-electron chi connectivity index (χ4n) is 2.68. The third kappa shape index (κ3) is 1.96. The molecular weight excluding hydrogens is 347 g/mol. The van der Waals surface area contributed by atoms with Crippen molar-refractivity contribution >= 4 is 7.82 Å². The Morgan fingerprint density at radius 2 is 1.57 bits per heavy atom. The van der Waals surface area contributed by atoms with Crippen LogP contribution in [0.2, 0.25) is 0 Å². The zero-order chi connectivity index (χ0) is 17.4. The molecule has 0 aromatic heterocycles. The number of fused-ring (bicyclic) bond motifs is 2. The van der Waals surface area contributed by atoms with Gasteiger partial charge in [-0.1, -0.05) is 0 Å². The van der Waals surface area contributed by atoms with Gasteiger partial charge in [0.2, 0.25) is 6.29 Å². The van der Waals surface area contributed by atoms with Crippen LogP contribution in [0.15, 0.2) is 0 Å². The predicted molar refractivity (Wildman–Crippen MR) is 61.7 cm³/mol. The van der Waals surface area contributed by atoms with Gasteiger partial charge in [0.25, 0.3) is 17.4 Å². The lowest BCUT2D eigenvalue weighted by molar-refractivity contribution is -0.488. The normalized spacial score (nSPS) is 62.7. The van der Waals surface area contributed by atoms with E-state index in [4.69, 9.17) is 9.84 Å². The minimum atomic E-state index is -4.73. The topological polar surface area (TPSA) is 216 Å². The van der Waals surface area contributed by atoms with Crippen molar-refractivity contribution < 1.29 is 63.7 Å². The molecule has 3 rings (SSSR count). The summed E-state index contributed by atoms with van der Waals surface area (Å²) in [5, 5.41) is 78.9. The molecule has 0 aromatic carbocycles. The van der Waals surface area contributed by atoms with Gasteiger partial charge >= 0.3 is 7.82 Å². The molecule has 3 aliphatic heterocycles. The number of aliphatic hydroxyl groups is 8. The molecule has 2 bridgehead atoms. The van der Waals surface area contributed by atoms with Crippen LogP contribution in [0.5, 0.6) is 0 Å². The first kappa shape index (κ1) is 17.6. The van der Waals surface area contributed by atoms with Gasteiger partial charge in [-0.15, -0.1) is 0 Å². The molecule has 0 amide bonds. The third-order valence-corrected chi connectivity index (χ3v) is 5.44. The Hall–Kier alpha value is -0.250. The Morgan fingerprint density at radius 1 is 0.957 bits per heavy atom. The van der Waals surface area contributed by atoms with Crippen LogP contribution in [0.1, 0.15) is 0 Å². The molecule has 3 heterocycles. The largest absolute Gasteiger partial charge is 0.483 e. The van der Waals surface area contributed by atoms with Crippen LogP contribution in [-0.2, 0) is 22.9 Å². The summed E-state index contributed by atoms with van der Waals surface area (Å²) in [6.45, 7) is -0.987. The van der Waals surface area contributed by atoms with Gasteiger partial charge in [-0.05, 0) is 0 Å². The van der Waals surface area contributed by atoms with Crippen molar-refractivity contribution in [2.75, 3.05) is 6.61 Å². The lowest BCUT2D eigenvalue weighted by Crippen LogP contribution is -2.80. The second-order valence-electron chi connectivity index (χ2n) is 5.39. The molecule has 0 aliphatic carbocycles. The molecule has 0 radical (unpaired) electrons. The van der Waals surface area contributed by atoms with Crippen LogP contribution in [0, 0.1) is 0 Å². The maximum atomic E-state index is 11.9. The van der Waals surface area contributed by atoms with Crippen molar-refractivity contribution in [1.82, 2.24) is 0 Å². The SMILES string of the molecule is O=P12OC(O)C(O)(O1)C(O)(C1(O)O[C@H](CO)[C@@H](O)[C@H](O)[C@H]1O)O2. The van der Waals surface area contributed by atoms with E-state index in [1.807, 2.05) is 0 Å². The summed E-state index contributed by atoms with van der Waals surface area (Å²) in [5.41, 5.74) is 0. The van der Waals surface area contributed by atoms with E-state index in [1.165, 1.54) is 0 Å². The van der Waals surface area contributed by atoms with Crippen molar-refractivity contribution in [2.45, 2.75) is 48.1 Å². The molecule has 3 saturated heterocycles. The van der Waals surface area contributed by atoms with E-state index < -0.39 is 62.5 Å². The van der Waals surface area contributed by atoms with Crippen LogP contribution in [-0.4, -0.2) is 95.5 Å². The van der Waals surface area contributed by atoms with E-state index in [2.05, 4.69) is 13.6 Å². The fourth-order valence-corrected chi connectivity index (χ4v) is 4.33. The second kappa shape index (κ2) is 4.89. The number of phosphoric acid groups is 1. The zero-order valence-corrected chi connectivity index (χ0v) is 12.1. The molecule has 8 N–H and O–H groups in total.